The molecular weight excluding hydrogens is 408 g/mol. The van der Waals surface area contributed by atoms with Crippen LogP contribution in [0.1, 0.15) is 20.8 Å². The second-order valence-corrected chi connectivity index (χ2v) is 19.1. The fraction of sp³-hybridized carbons (Fsp3) is 0.286. The molecule has 1 nitrogen and oxygen atoms in total. The van der Waals surface area contributed by atoms with Gasteiger partial charge in [0, 0.05) is 0 Å². The van der Waals surface area contributed by atoms with Gasteiger partial charge in [0.05, 0.1) is 14.7 Å². The Kier molecular flexibility index (Phi) is 7.20. The van der Waals surface area contributed by atoms with E-state index in [2.05, 4.69) is 131 Å². The molecule has 3 aromatic rings. The second-order valence-electron chi connectivity index (χ2n) is 10.1. The van der Waals surface area contributed by atoms with E-state index in [0.717, 1.165) is 6.04 Å². The molecule has 3 aromatic carbocycles. The molecule has 0 aliphatic rings. The molecule has 0 bridgehead atoms. The van der Waals surface area contributed by atoms with Gasteiger partial charge in [0.25, 0.3) is 8.32 Å². The Labute approximate surface area is 191 Å². The standard InChI is InChI=1S/C28H36OSi2/c1-24(23-30(5,6)25-16-10-7-11-17-25)22-29-31(28(2,3)4,26-18-12-8-13-19-26)27-20-14-9-15-21-27/h7-21H,1,22-23H2,2-6H3. The molecule has 3 heteroatoms. The molecule has 0 amide bonds. The van der Waals surface area contributed by atoms with Gasteiger partial charge in [-0.2, -0.15) is 0 Å². The third-order valence-electron chi connectivity index (χ3n) is 6.16. The normalized spacial score (nSPS) is 12.5. The zero-order valence-electron chi connectivity index (χ0n) is 19.7. The maximum Gasteiger partial charge on any atom is 0.261 e. The van der Waals surface area contributed by atoms with E-state index in [9.17, 15) is 0 Å². The SMILES string of the molecule is C=C(CO[Si](c1ccccc1)(c1ccccc1)C(C)(C)C)C[Si](C)(C)c1ccccc1. The lowest BCUT2D eigenvalue weighted by Gasteiger charge is -2.43. The summed E-state index contributed by atoms with van der Waals surface area (Å²) < 4.78 is 7.07. The Balaban J connectivity index is 1.92. The van der Waals surface area contributed by atoms with Crippen LogP contribution in [-0.2, 0) is 4.43 Å². The summed E-state index contributed by atoms with van der Waals surface area (Å²) in [4.78, 5) is 0. The van der Waals surface area contributed by atoms with Crippen molar-refractivity contribution >= 4 is 32.0 Å². The Hall–Kier alpha value is -2.21. The molecular formula is C28H36OSi2. The van der Waals surface area contributed by atoms with E-state index in [1.54, 1.807) is 0 Å². The highest BCUT2D eigenvalue weighted by atomic mass is 28.4. The minimum atomic E-state index is -2.51. The molecule has 0 N–H and O–H groups in total. The molecule has 0 unspecified atom stereocenters. The van der Waals surface area contributed by atoms with E-state index in [0.29, 0.717) is 6.61 Å². The summed E-state index contributed by atoms with van der Waals surface area (Å²) in [6.45, 7) is 16.9. The molecule has 3 rings (SSSR count). The monoisotopic (exact) mass is 444 g/mol. The summed E-state index contributed by atoms with van der Waals surface area (Å²) in [5, 5.41) is 4.10. The molecule has 0 saturated heterocycles. The first-order valence-electron chi connectivity index (χ1n) is 11.1. The third-order valence-corrected chi connectivity index (χ3v) is 14.4. The predicted octanol–water partition coefficient (Wildman–Crippen LogP) is 5.73. The van der Waals surface area contributed by atoms with E-state index in [-0.39, 0.29) is 5.04 Å². The van der Waals surface area contributed by atoms with Crippen molar-refractivity contribution in [2.24, 2.45) is 0 Å². The summed E-state index contributed by atoms with van der Waals surface area (Å²) in [6.07, 6.45) is 0. The second kappa shape index (κ2) is 9.51. The predicted molar refractivity (Wildman–Crippen MR) is 141 cm³/mol. The molecule has 0 radical (unpaired) electrons. The Bertz CT molecular complexity index is 934. The number of hydrogen-bond donors (Lipinski definition) is 0. The Morgan fingerprint density at radius 1 is 0.710 bits per heavy atom. The number of benzene rings is 3. The van der Waals surface area contributed by atoms with Crippen LogP contribution < -0.4 is 15.6 Å². The fourth-order valence-corrected chi connectivity index (χ4v) is 11.9. The zero-order valence-corrected chi connectivity index (χ0v) is 21.7. The maximum atomic E-state index is 7.07. The average molecular weight is 445 g/mol. The number of rotatable bonds is 8. The molecule has 0 heterocycles. The van der Waals surface area contributed by atoms with E-state index in [4.69, 9.17) is 4.43 Å². The fourth-order valence-electron chi connectivity index (χ4n) is 4.64. The van der Waals surface area contributed by atoms with Crippen molar-refractivity contribution in [1.82, 2.24) is 0 Å². The van der Waals surface area contributed by atoms with Gasteiger partial charge in [-0.1, -0.05) is 142 Å². The lowest BCUT2D eigenvalue weighted by Crippen LogP contribution is -2.66. The van der Waals surface area contributed by atoms with Gasteiger partial charge >= 0.3 is 0 Å². The first-order valence-corrected chi connectivity index (χ1v) is 16.3. The van der Waals surface area contributed by atoms with Gasteiger partial charge in [-0.3, -0.25) is 0 Å². The topological polar surface area (TPSA) is 9.23 Å². The van der Waals surface area contributed by atoms with Gasteiger partial charge in [0.1, 0.15) is 0 Å². The molecule has 0 aliphatic carbocycles. The first kappa shape index (κ1) is 23.5. The highest BCUT2D eigenvalue weighted by molar-refractivity contribution is 6.99. The van der Waals surface area contributed by atoms with Crippen molar-refractivity contribution in [3.05, 3.63) is 103 Å². The maximum absolute atomic E-state index is 7.07. The van der Waals surface area contributed by atoms with Crippen molar-refractivity contribution in [3.63, 3.8) is 0 Å². The van der Waals surface area contributed by atoms with Gasteiger partial charge < -0.3 is 4.43 Å². The minimum Gasteiger partial charge on any atom is -0.403 e. The highest BCUT2D eigenvalue weighted by Gasteiger charge is 2.50. The Morgan fingerprint density at radius 3 is 1.48 bits per heavy atom. The molecule has 0 spiro atoms. The van der Waals surface area contributed by atoms with E-state index >= 15 is 0 Å². The highest BCUT2D eigenvalue weighted by Crippen LogP contribution is 2.37. The van der Waals surface area contributed by atoms with Gasteiger partial charge in [-0.05, 0) is 21.5 Å². The van der Waals surface area contributed by atoms with Crippen molar-refractivity contribution in [1.29, 1.82) is 0 Å². The molecule has 162 valence electrons. The smallest absolute Gasteiger partial charge is 0.261 e. The average Bonchev–Trinajstić information content (AvgIpc) is 2.75. The van der Waals surface area contributed by atoms with E-state index in [1.807, 2.05) is 0 Å². The summed E-state index contributed by atoms with van der Waals surface area (Å²) in [5.74, 6) is 0. The van der Waals surface area contributed by atoms with Crippen LogP contribution in [0.15, 0.2) is 103 Å². The van der Waals surface area contributed by atoms with Crippen molar-refractivity contribution in [2.45, 2.75) is 44.9 Å². The quantitative estimate of drug-likeness (QED) is 0.318. The summed E-state index contributed by atoms with van der Waals surface area (Å²) in [5.41, 5.74) is 1.20. The lowest BCUT2D eigenvalue weighted by molar-refractivity contribution is 0.330. The van der Waals surface area contributed by atoms with Crippen LogP contribution in [0.2, 0.25) is 24.2 Å². The van der Waals surface area contributed by atoms with Crippen molar-refractivity contribution in [3.8, 4) is 0 Å². The third kappa shape index (κ3) is 5.17. The van der Waals surface area contributed by atoms with E-state index in [1.165, 1.54) is 21.1 Å². The van der Waals surface area contributed by atoms with Crippen LogP contribution in [-0.4, -0.2) is 23.0 Å². The van der Waals surface area contributed by atoms with Crippen LogP contribution in [0.5, 0.6) is 0 Å². The van der Waals surface area contributed by atoms with Crippen LogP contribution in [0.4, 0.5) is 0 Å². The first-order chi connectivity index (χ1) is 14.7. The molecule has 0 aliphatic heterocycles. The lowest BCUT2D eigenvalue weighted by atomic mass is 10.2. The molecule has 0 fully saturated rings. The van der Waals surface area contributed by atoms with Crippen molar-refractivity contribution < 1.29 is 4.43 Å². The largest absolute Gasteiger partial charge is 0.403 e. The van der Waals surface area contributed by atoms with Crippen LogP contribution in [0, 0.1) is 0 Å². The van der Waals surface area contributed by atoms with Crippen LogP contribution in [0.3, 0.4) is 0 Å². The summed E-state index contributed by atoms with van der Waals surface area (Å²) >= 11 is 0. The molecule has 0 atom stereocenters. The summed E-state index contributed by atoms with van der Waals surface area (Å²) in [7, 11) is -4.12. The van der Waals surface area contributed by atoms with Gasteiger partial charge in [0.15, 0.2) is 0 Å². The number of hydrogen-bond acceptors (Lipinski definition) is 1. The molecule has 31 heavy (non-hydrogen) atoms. The molecule has 0 saturated carbocycles. The minimum absolute atomic E-state index is 0.0115. The Morgan fingerprint density at radius 2 is 1.10 bits per heavy atom. The summed E-state index contributed by atoms with van der Waals surface area (Å²) in [6, 6.07) is 33.6. The molecule has 0 aromatic heterocycles. The zero-order chi connectivity index (χ0) is 22.5. The van der Waals surface area contributed by atoms with Gasteiger partial charge in [0.2, 0.25) is 0 Å². The van der Waals surface area contributed by atoms with Gasteiger partial charge in [-0.25, -0.2) is 0 Å². The van der Waals surface area contributed by atoms with Crippen molar-refractivity contribution in [2.75, 3.05) is 6.61 Å². The van der Waals surface area contributed by atoms with Crippen LogP contribution in [0.25, 0.3) is 0 Å². The van der Waals surface area contributed by atoms with E-state index < -0.39 is 16.4 Å². The van der Waals surface area contributed by atoms with Gasteiger partial charge in [-0.15, -0.1) is 0 Å². The van der Waals surface area contributed by atoms with Crippen LogP contribution >= 0.6 is 0 Å².